The van der Waals surface area contributed by atoms with E-state index in [-0.39, 0.29) is 17.7 Å². The zero-order chi connectivity index (χ0) is 21.2. The number of hydrogen-bond acceptors (Lipinski definition) is 7. The minimum atomic E-state index is -1.14. The first kappa shape index (κ1) is 21.6. The van der Waals surface area contributed by atoms with E-state index in [4.69, 9.17) is 9.47 Å². The lowest BCUT2D eigenvalue weighted by Crippen LogP contribution is -2.45. The molecule has 0 aromatic heterocycles. The summed E-state index contributed by atoms with van der Waals surface area (Å²) in [6, 6.07) is 13.6. The van der Waals surface area contributed by atoms with Gasteiger partial charge in [-0.2, -0.15) is 0 Å². The molecule has 0 radical (unpaired) electrons. The summed E-state index contributed by atoms with van der Waals surface area (Å²) in [5.74, 6) is -2.04. The molecule has 0 saturated heterocycles. The van der Waals surface area contributed by atoms with E-state index >= 15 is 0 Å². The smallest absolute Gasteiger partial charge is 0.338 e. The van der Waals surface area contributed by atoms with Crippen molar-refractivity contribution in [1.29, 1.82) is 0 Å². The lowest BCUT2D eigenvalue weighted by molar-refractivity contribution is -0.146. The molecule has 0 bridgehead atoms. The second-order valence-corrected chi connectivity index (χ2v) is 6.02. The van der Waals surface area contributed by atoms with Crippen LogP contribution in [0.15, 0.2) is 54.6 Å². The molecule has 0 aliphatic heterocycles. The third kappa shape index (κ3) is 7.10. The van der Waals surface area contributed by atoms with Crippen LogP contribution in [0.1, 0.15) is 22.8 Å². The van der Waals surface area contributed by atoms with Gasteiger partial charge in [-0.05, 0) is 29.8 Å². The summed E-state index contributed by atoms with van der Waals surface area (Å²) >= 11 is 0. The number of amides is 1. The summed E-state index contributed by atoms with van der Waals surface area (Å²) in [6.45, 7) is 0.874. The zero-order valence-corrected chi connectivity index (χ0v) is 16.0. The summed E-state index contributed by atoms with van der Waals surface area (Å²) < 4.78 is 14.7. The van der Waals surface area contributed by atoms with Crippen LogP contribution in [0.2, 0.25) is 0 Å². The third-order valence-corrected chi connectivity index (χ3v) is 3.76. The minimum absolute atomic E-state index is 0.0693. The fraction of sp³-hybridized carbons (Fsp3) is 0.238. The molecule has 0 heterocycles. The lowest BCUT2D eigenvalue weighted by atomic mass is 10.1. The molecule has 2 aromatic rings. The van der Waals surface area contributed by atoms with Crippen LogP contribution >= 0.6 is 0 Å². The first-order valence-corrected chi connectivity index (χ1v) is 8.75. The molecule has 0 aliphatic rings. The number of carbonyl (C=O) groups is 4. The van der Waals surface area contributed by atoms with Crippen molar-refractivity contribution in [3.8, 4) is 5.75 Å². The van der Waals surface area contributed by atoms with Gasteiger partial charge in [-0.1, -0.05) is 30.3 Å². The van der Waals surface area contributed by atoms with Crippen LogP contribution in [-0.2, 0) is 30.3 Å². The highest BCUT2D eigenvalue weighted by Gasteiger charge is 2.24. The zero-order valence-electron chi connectivity index (χ0n) is 16.0. The molecule has 29 heavy (non-hydrogen) atoms. The Hall–Kier alpha value is -3.68. The molecule has 0 aliphatic carbocycles. The Morgan fingerprint density at radius 1 is 0.966 bits per heavy atom. The summed E-state index contributed by atoms with van der Waals surface area (Å²) in [5.41, 5.74) is 0.971. The van der Waals surface area contributed by atoms with Crippen LogP contribution in [0.4, 0.5) is 0 Å². The van der Waals surface area contributed by atoms with Gasteiger partial charge in [0.1, 0.15) is 12.4 Å². The third-order valence-electron chi connectivity index (χ3n) is 3.76. The maximum absolute atomic E-state index is 12.2. The number of esters is 3. The van der Waals surface area contributed by atoms with Crippen molar-refractivity contribution in [2.75, 3.05) is 13.7 Å². The number of benzene rings is 2. The second-order valence-electron chi connectivity index (χ2n) is 6.02. The molecule has 152 valence electrons. The largest absolute Gasteiger partial charge is 0.467 e. The van der Waals surface area contributed by atoms with E-state index in [1.165, 1.54) is 38.3 Å². The van der Waals surface area contributed by atoms with Crippen LogP contribution in [0.25, 0.3) is 0 Å². The van der Waals surface area contributed by atoms with Crippen LogP contribution < -0.4 is 10.1 Å². The predicted molar refractivity (Wildman–Crippen MR) is 102 cm³/mol. The summed E-state index contributed by atoms with van der Waals surface area (Å²) in [4.78, 5) is 47.2. The van der Waals surface area contributed by atoms with E-state index in [2.05, 4.69) is 10.1 Å². The highest BCUT2D eigenvalue weighted by Crippen LogP contribution is 2.13. The molecule has 8 heteroatoms. The van der Waals surface area contributed by atoms with Gasteiger partial charge in [-0.15, -0.1) is 0 Å². The maximum Gasteiger partial charge on any atom is 0.338 e. The first-order chi connectivity index (χ1) is 13.9. The van der Waals surface area contributed by atoms with Gasteiger partial charge in [0.25, 0.3) is 0 Å². The number of hydrogen-bond donors (Lipinski definition) is 1. The Balaban J connectivity index is 1.93. The van der Waals surface area contributed by atoms with E-state index < -0.39 is 36.5 Å². The predicted octanol–water partition coefficient (Wildman–Crippen LogP) is 1.67. The van der Waals surface area contributed by atoms with E-state index in [0.717, 1.165) is 5.56 Å². The molecule has 1 amide bonds. The lowest BCUT2D eigenvalue weighted by Gasteiger charge is -2.16. The van der Waals surface area contributed by atoms with Crippen molar-refractivity contribution in [2.24, 2.45) is 0 Å². The Bertz CT molecular complexity index is 862. The van der Waals surface area contributed by atoms with E-state index in [0.29, 0.717) is 0 Å². The molecule has 2 rings (SSSR count). The summed E-state index contributed by atoms with van der Waals surface area (Å²) in [5, 5.41) is 2.51. The highest BCUT2D eigenvalue weighted by molar-refractivity contribution is 5.90. The van der Waals surface area contributed by atoms with E-state index in [9.17, 15) is 19.2 Å². The fourth-order valence-corrected chi connectivity index (χ4v) is 2.40. The average Bonchev–Trinajstić information content (AvgIpc) is 2.71. The molecule has 1 atom stereocenters. The van der Waals surface area contributed by atoms with Crippen LogP contribution in [0.3, 0.4) is 0 Å². The standard InChI is InChI=1S/C21H21NO7/c1-14(23)29-17-10-8-16(9-11-17)20(25)28-13-18(21(26)27-2)22-19(24)12-15-6-4-3-5-7-15/h3-11,18H,12-13H2,1-2H3,(H,22,24)/t18-/m0/s1. The Morgan fingerprint density at radius 2 is 1.62 bits per heavy atom. The Labute approximate surface area is 167 Å². The number of nitrogens with one attached hydrogen (secondary N) is 1. The summed E-state index contributed by atoms with van der Waals surface area (Å²) in [7, 11) is 1.17. The van der Waals surface area contributed by atoms with Gasteiger partial charge in [0.05, 0.1) is 19.1 Å². The molecule has 0 fully saturated rings. The molecule has 0 saturated carbocycles. The molecule has 0 unspecified atom stereocenters. The first-order valence-electron chi connectivity index (χ1n) is 8.75. The Kier molecular flexibility index (Phi) is 7.90. The molecule has 1 N–H and O–H groups in total. The van der Waals surface area contributed by atoms with Gasteiger partial charge >= 0.3 is 17.9 Å². The highest BCUT2D eigenvalue weighted by atomic mass is 16.5. The van der Waals surface area contributed by atoms with Gasteiger partial charge in [-0.3, -0.25) is 9.59 Å². The normalized spacial score (nSPS) is 11.1. The SMILES string of the molecule is COC(=O)[C@H](COC(=O)c1ccc(OC(C)=O)cc1)NC(=O)Cc1ccccc1. The van der Waals surface area contributed by atoms with Gasteiger partial charge in [-0.25, -0.2) is 9.59 Å². The number of ether oxygens (including phenoxy) is 3. The van der Waals surface area contributed by atoms with Crippen molar-refractivity contribution in [3.63, 3.8) is 0 Å². The summed E-state index contributed by atoms with van der Waals surface area (Å²) in [6.07, 6.45) is 0.0693. The van der Waals surface area contributed by atoms with Gasteiger partial charge in [0.2, 0.25) is 5.91 Å². The van der Waals surface area contributed by atoms with Gasteiger partial charge in [0.15, 0.2) is 6.04 Å². The fourth-order valence-electron chi connectivity index (χ4n) is 2.40. The van der Waals surface area contributed by atoms with Gasteiger partial charge < -0.3 is 19.5 Å². The maximum atomic E-state index is 12.2. The second kappa shape index (κ2) is 10.6. The van der Waals surface area contributed by atoms with Crippen molar-refractivity contribution in [1.82, 2.24) is 5.32 Å². The van der Waals surface area contributed by atoms with Crippen molar-refractivity contribution < 1.29 is 33.4 Å². The van der Waals surface area contributed by atoms with Gasteiger partial charge in [0, 0.05) is 6.92 Å². The quantitative estimate of drug-likeness (QED) is 0.531. The average molecular weight is 399 g/mol. The van der Waals surface area contributed by atoms with Crippen molar-refractivity contribution in [3.05, 3.63) is 65.7 Å². The topological polar surface area (TPSA) is 108 Å². The monoisotopic (exact) mass is 399 g/mol. The van der Waals surface area contributed by atoms with E-state index in [1.54, 1.807) is 24.3 Å². The van der Waals surface area contributed by atoms with Crippen molar-refractivity contribution in [2.45, 2.75) is 19.4 Å². The molecule has 2 aromatic carbocycles. The van der Waals surface area contributed by atoms with Crippen LogP contribution in [-0.4, -0.2) is 43.6 Å². The Morgan fingerprint density at radius 3 is 2.21 bits per heavy atom. The number of rotatable bonds is 8. The van der Waals surface area contributed by atoms with Crippen LogP contribution in [0.5, 0.6) is 5.75 Å². The number of methoxy groups -OCH3 is 1. The molecular formula is C21H21NO7. The molecule has 0 spiro atoms. The molecular weight excluding hydrogens is 378 g/mol. The van der Waals surface area contributed by atoms with Crippen LogP contribution in [0, 0.1) is 0 Å². The van der Waals surface area contributed by atoms with E-state index in [1.807, 2.05) is 6.07 Å². The molecule has 8 nitrogen and oxygen atoms in total. The number of carbonyl (C=O) groups excluding carboxylic acids is 4. The van der Waals surface area contributed by atoms with Crippen molar-refractivity contribution >= 4 is 23.8 Å². The minimum Gasteiger partial charge on any atom is -0.467 e.